The number of hydrogen-bond donors (Lipinski definition) is 1. The Labute approximate surface area is 655 Å². The summed E-state index contributed by atoms with van der Waals surface area (Å²) < 4.78 is 3.98. The van der Waals surface area contributed by atoms with Gasteiger partial charge in [-0.15, -0.1) is 22.0 Å². The average molecular weight is 1510 g/mol. The molecule has 1 N–H and O–H groups in total. The van der Waals surface area contributed by atoms with Crippen LogP contribution >= 0.6 is 23.5 Å². The molecule has 1 unspecified atom stereocenters. The van der Waals surface area contributed by atoms with Crippen molar-refractivity contribution in [3.8, 4) is 0 Å². The number of likely N-dealkylation sites (tertiary alicyclic amines) is 1. The van der Waals surface area contributed by atoms with Crippen molar-refractivity contribution in [3.63, 3.8) is 0 Å². The summed E-state index contributed by atoms with van der Waals surface area (Å²) in [6, 6.07) is 5.13. The van der Waals surface area contributed by atoms with Gasteiger partial charge >= 0.3 is 0 Å². The molecular formula is C85H165N15O3S2. The summed E-state index contributed by atoms with van der Waals surface area (Å²) in [5.74, 6) is 4.78. The van der Waals surface area contributed by atoms with E-state index >= 15 is 0 Å². The topological polar surface area (TPSA) is 215 Å². The zero-order valence-corrected chi connectivity index (χ0v) is 77.4. The van der Waals surface area contributed by atoms with Crippen LogP contribution in [0.25, 0.3) is 0 Å². The maximum Gasteiger partial charge on any atom is 0.243 e. The number of carbonyl (C=O) groups is 3. The van der Waals surface area contributed by atoms with Crippen LogP contribution in [0, 0.1) is 52.3 Å². The molecule has 20 heteroatoms. The molecule has 3 aromatic heterocycles. The highest BCUT2D eigenvalue weighted by Gasteiger charge is 2.48. The van der Waals surface area contributed by atoms with Crippen LogP contribution in [-0.2, 0) is 27.2 Å². The minimum absolute atomic E-state index is 0.00670. The molecule has 1 saturated heterocycles. The van der Waals surface area contributed by atoms with Crippen LogP contribution in [-0.4, -0.2) is 120 Å². The standard InChI is InChI=1S/C11H19N3.C10H17NO2S.C10H21N.C9H14N4.C8H15N3.C8H12N2.C8H18S.C7H15NO.2C5H12.C4H10/c1-9(2)14-11-8-6-4-3-5-7-10(11)12-13-14;1-6(2)11-9(12)5-8(10(11)13)14-7(3)4;1-8(2)9(3)11-7-10(4,5)6;1-7(2,3)9-6-5-8(4,10-12-9)11-13-9;1-6(2)8-5-11(7(3)4)10-9-8;1-6(2)8-5-4-7(3)9-10-8;1-7(2)5-6-9-8(3)4;1-5(2)7(9)8-6(3)4;2*1-5(2,3)4;1-4(2)3/h9H,3-8H2,1-2H3;6-8H,5H2,1-4H3;8H,7H2,1-6H3;5-6H,1-4H3;5-7H,1-4H3;4-6H,1-3H3;7-8H,5-6H2,1-4H3;5-6H,1-4H3,(H,8,9);2*1-4H3;4H,1-3H3. The number of aromatic nitrogens is 8. The van der Waals surface area contributed by atoms with E-state index in [-0.39, 0.29) is 46.4 Å². The second kappa shape index (κ2) is 52.4. The Bertz CT molecular complexity index is 2810. The van der Waals surface area contributed by atoms with Crippen molar-refractivity contribution in [1.29, 1.82) is 0 Å². The first-order chi connectivity index (χ1) is 47.6. The van der Waals surface area contributed by atoms with Crippen LogP contribution in [0.1, 0.15) is 375 Å². The van der Waals surface area contributed by atoms with E-state index in [1.165, 1.54) is 66.3 Å². The van der Waals surface area contributed by atoms with Crippen molar-refractivity contribution in [2.24, 2.45) is 70.8 Å². The molecule has 0 aromatic carbocycles. The molecule has 0 spiro atoms. The minimum atomic E-state index is -0.565. The number of nitrogens with zero attached hydrogens (tertiary/aromatic N) is 14. The van der Waals surface area contributed by atoms with Crippen molar-refractivity contribution in [3.05, 3.63) is 59.0 Å². The van der Waals surface area contributed by atoms with Crippen LogP contribution in [0.15, 0.2) is 55.9 Å². The predicted molar refractivity (Wildman–Crippen MR) is 457 cm³/mol. The van der Waals surface area contributed by atoms with Gasteiger partial charge in [-0.1, -0.05) is 238 Å². The summed E-state index contributed by atoms with van der Waals surface area (Å²) in [6.07, 6.45) is 15.3. The second-order valence-corrected chi connectivity index (χ2v) is 41.2. The largest absolute Gasteiger partial charge is 0.354 e. The molecule has 1 fully saturated rings. The number of thioether (sulfide) groups is 2. The molecule has 5 aliphatic rings. The lowest BCUT2D eigenvalue weighted by Gasteiger charge is -2.40. The normalized spacial score (nSPS) is 17.6. The Morgan fingerprint density at radius 2 is 1.10 bits per heavy atom. The molecule has 0 radical (unpaired) electrons. The maximum atomic E-state index is 11.8. The fraction of sp³-hybridized carbons (Fsp3) is 0.835. The molecule has 18 nitrogen and oxygen atoms in total. The third-order valence-electron chi connectivity index (χ3n) is 14.4. The summed E-state index contributed by atoms with van der Waals surface area (Å²) in [5.41, 5.74) is 7.17. The van der Waals surface area contributed by atoms with E-state index in [9.17, 15) is 14.4 Å². The SMILES string of the molecule is CC(=NCC(C)(C)C)C(C)C.CC(C)(C)C.CC(C)(C)C.CC(C)C.CC(C)CCSC(C)C.CC(C)NC(=O)C(C)C.CC(C)SC1CC(=O)N(C(C)C)C1=O.CC(C)c1cn(C(C)C)nn1.CC(C)n1nnc2c1CCCCCC2.CC12C=CC(C(C)(C)C)(N=N1)N=N2.Cc1ccc(C(C)C)nn1. The first-order valence-corrected chi connectivity index (χ1v) is 41.8. The van der Waals surface area contributed by atoms with Gasteiger partial charge in [0.25, 0.3) is 0 Å². The number of azo groups is 2. The Kier molecular flexibility index (Phi) is 53.2. The molecule has 1 aliphatic carbocycles. The Morgan fingerprint density at radius 3 is 1.41 bits per heavy atom. The van der Waals surface area contributed by atoms with Gasteiger partial charge in [0.1, 0.15) is 0 Å². The summed E-state index contributed by atoms with van der Waals surface area (Å²) in [7, 11) is 0. The van der Waals surface area contributed by atoms with Gasteiger partial charge in [-0.25, -0.2) is 9.36 Å². The number of carbonyl (C=O) groups excluding carboxylic acids is 3. The van der Waals surface area contributed by atoms with E-state index in [2.05, 4.69) is 300 Å². The molecule has 3 amide bonds. The number of nitrogens with one attached hydrogen (secondary N) is 1. The summed E-state index contributed by atoms with van der Waals surface area (Å²) in [4.78, 5) is 40.0. The highest BCUT2D eigenvalue weighted by Crippen LogP contribution is 2.45. The van der Waals surface area contributed by atoms with Gasteiger partial charge in [-0.3, -0.25) is 24.3 Å². The van der Waals surface area contributed by atoms with Crippen LogP contribution in [0.4, 0.5) is 0 Å². The van der Waals surface area contributed by atoms with Crippen molar-refractivity contribution in [2.45, 2.75) is 405 Å². The average Bonchev–Trinajstić information content (AvgIpc) is 1.73. The van der Waals surface area contributed by atoms with Gasteiger partial charge in [0, 0.05) is 60.4 Å². The van der Waals surface area contributed by atoms with E-state index in [0.29, 0.717) is 57.8 Å². The lowest BCUT2D eigenvalue weighted by Crippen LogP contribution is -2.43. The molecule has 3 aromatic rings. The van der Waals surface area contributed by atoms with E-state index in [1.54, 1.807) is 11.8 Å². The van der Waals surface area contributed by atoms with Crippen molar-refractivity contribution in [1.82, 2.24) is 50.4 Å². The van der Waals surface area contributed by atoms with Gasteiger partial charge in [0.15, 0.2) is 0 Å². The smallest absolute Gasteiger partial charge is 0.243 e. The van der Waals surface area contributed by atoms with Gasteiger partial charge in [0.2, 0.25) is 29.0 Å². The zero-order chi connectivity index (χ0) is 82.9. The fourth-order valence-electron chi connectivity index (χ4n) is 8.16. The van der Waals surface area contributed by atoms with E-state index in [1.807, 2.05) is 104 Å². The van der Waals surface area contributed by atoms with Gasteiger partial charge in [0.05, 0.1) is 33.7 Å². The number of aryl methyl sites for hydroxylation is 2. The molecule has 0 saturated carbocycles. The zero-order valence-electron chi connectivity index (χ0n) is 75.8. The van der Waals surface area contributed by atoms with Crippen LogP contribution in [0.3, 0.4) is 0 Å². The molecule has 7 heterocycles. The molecule has 8 rings (SSSR count). The fourth-order valence-corrected chi connectivity index (χ4v) is 10.4. The predicted octanol–water partition coefficient (Wildman–Crippen LogP) is 24.3. The summed E-state index contributed by atoms with van der Waals surface area (Å²) in [6.45, 7) is 89.7. The third kappa shape index (κ3) is 55.4. The van der Waals surface area contributed by atoms with E-state index in [0.717, 1.165) is 47.1 Å². The lowest BCUT2D eigenvalue weighted by molar-refractivity contribution is -0.140. The number of hydrogen-bond acceptors (Lipinski definition) is 16. The van der Waals surface area contributed by atoms with Gasteiger partial charge in [-0.2, -0.15) is 42.4 Å². The van der Waals surface area contributed by atoms with E-state index < -0.39 is 11.3 Å². The molecule has 2 bridgehead atoms. The van der Waals surface area contributed by atoms with Crippen molar-refractivity contribution in [2.75, 3.05) is 12.3 Å². The number of imide groups is 1. The van der Waals surface area contributed by atoms with Crippen molar-refractivity contribution >= 4 is 47.0 Å². The number of rotatable bonds is 15. The third-order valence-corrected chi connectivity index (χ3v) is 16.8. The summed E-state index contributed by atoms with van der Waals surface area (Å²) >= 11 is 3.64. The molecular weight excluding hydrogens is 1340 g/mol. The number of fused-ring (bicyclic) bond motifs is 1. The number of aliphatic imine (C=N–C) groups is 1. The highest BCUT2D eigenvalue weighted by molar-refractivity contribution is 8.01. The second-order valence-electron chi connectivity index (χ2n) is 37.8. The minimum Gasteiger partial charge on any atom is -0.354 e. The van der Waals surface area contributed by atoms with Crippen LogP contribution in [0.5, 0.6) is 0 Å². The monoisotopic (exact) mass is 1510 g/mol. The Hall–Kier alpha value is -4.72. The van der Waals surface area contributed by atoms with Gasteiger partial charge < -0.3 is 5.32 Å². The van der Waals surface area contributed by atoms with Crippen LogP contribution < -0.4 is 5.32 Å². The Balaban J connectivity index is -0.000000543. The van der Waals surface area contributed by atoms with Crippen LogP contribution in [0.2, 0.25) is 0 Å². The summed E-state index contributed by atoms with van der Waals surface area (Å²) in [5, 5.41) is 45.2. The molecule has 105 heavy (non-hydrogen) atoms. The first-order valence-electron chi connectivity index (χ1n) is 39.8. The highest BCUT2D eigenvalue weighted by atomic mass is 32.2. The molecule has 610 valence electrons. The number of amides is 3. The first kappa shape index (κ1) is 107. The van der Waals surface area contributed by atoms with Crippen molar-refractivity contribution < 1.29 is 14.4 Å². The lowest BCUT2D eigenvalue weighted by atomic mass is 9.79. The maximum absolute atomic E-state index is 11.8. The quantitative estimate of drug-likeness (QED) is 0.0858. The molecule has 1 atom stereocenters. The van der Waals surface area contributed by atoms with Gasteiger partial charge in [-0.05, 0) is 195 Å². The Morgan fingerprint density at radius 1 is 0.600 bits per heavy atom. The van der Waals surface area contributed by atoms with E-state index in [4.69, 9.17) is 0 Å². The molecule has 4 aliphatic heterocycles.